The van der Waals surface area contributed by atoms with E-state index in [4.69, 9.17) is 5.21 Å². The quantitative estimate of drug-likeness (QED) is 0.401. The Balaban J connectivity index is 0. The van der Waals surface area contributed by atoms with Crippen molar-refractivity contribution in [1.82, 2.24) is 5.48 Å². The highest BCUT2D eigenvalue weighted by Crippen LogP contribution is 1.97. The molecule has 4 nitrogen and oxygen atoms in total. The third kappa shape index (κ3) is 24.7. The van der Waals surface area contributed by atoms with Crippen LogP contribution >= 0.6 is 0 Å². The maximum absolute atomic E-state index is 10.3. The first-order valence-corrected chi connectivity index (χ1v) is 4.44. The summed E-state index contributed by atoms with van der Waals surface area (Å²) in [6.45, 7) is 5.12. The summed E-state index contributed by atoms with van der Waals surface area (Å²) in [5.41, 5.74) is 1.58. The van der Waals surface area contributed by atoms with E-state index in [0.29, 0.717) is 6.42 Å². The molecule has 0 aliphatic heterocycles. The van der Waals surface area contributed by atoms with Crippen molar-refractivity contribution >= 4 is 11.7 Å². The van der Waals surface area contributed by atoms with Crippen molar-refractivity contribution in [3.8, 4) is 0 Å². The normalized spacial score (nSPS) is 8.31. The fraction of sp³-hybridized carbons (Fsp3) is 0.778. The monoisotopic (exact) mass is 189 g/mol. The molecule has 0 atom stereocenters. The molecule has 1 amide bonds. The van der Waals surface area contributed by atoms with Gasteiger partial charge in [-0.2, -0.15) is 0 Å². The van der Waals surface area contributed by atoms with Gasteiger partial charge in [0.15, 0.2) is 0 Å². The van der Waals surface area contributed by atoms with Crippen LogP contribution in [0.25, 0.3) is 0 Å². The van der Waals surface area contributed by atoms with E-state index in [0.717, 1.165) is 19.3 Å². The van der Waals surface area contributed by atoms with E-state index in [9.17, 15) is 9.59 Å². The Morgan fingerprint density at radius 3 is 2.00 bits per heavy atom. The van der Waals surface area contributed by atoms with E-state index in [-0.39, 0.29) is 11.7 Å². The highest BCUT2D eigenvalue weighted by Gasteiger charge is 1.95. The number of hydroxylamine groups is 1. The van der Waals surface area contributed by atoms with Crippen LogP contribution in [0.15, 0.2) is 0 Å². The number of ketones is 1. The van der Waals surface area contributed by atoms with Crippen molar-refractivity contribution in [1.29, 1.82) is 0 Å². The maximum Gasteiger partial charge on any atom is 0.243 e. The number of hydrogen-bond donors (Lipinski definition) is 2. The van der Waals surface area contributed by atoms with Crippen molar-refractivity contribution in [3.05, 3.63) is 0 Å². The number of carbonyl (C=O) groups excluding carboxylic acids is 2. The molecule has 0 radical (unpaired) electrons. The lowest BCUT2D eigenvalue weighted by Crippen LogP contribution is -2.17. The molecule has 0 aromatic rings. The molecule has 0 bridgehead atoms. The third-order valence-corrected chi connectivity index (χ3v) is 1.13. The standard InChI is InChI=1S/C6H13NO2.C3H6O/c1-2-3-4-5-6(8)7-9;1-3(2)4/h9H,2-5H2,1H3,(H,7,8);1-2H3. The highest BCUT2D eigenvalue weighted by molar-refractivity contribution is 5.74. The second-order valence-corrected chi connectivity index (χ2v) is 2.90. The molecule has 0 aliphatic carbocycles. The molecule has 0 aliphatic rings. The second kappa shape index (κ2) is 11.1. The van der Waals surface area contributed by atoms with Crippen molar-refractivity contribution < 1.29 is 14.8 Å². The number of unbranched alkanes of at least 4 members (excludes halogenated alkanes) is 2. The summed E-state index contributed by atoms with van der Waals surface area (Å²) >= 11 is 0. The molecule has 0 heterocycles. The summed E-state index contributed by atoms with van der Waals surface area (Å²) in [6.07, 6.45) is 3.44. The first-order valence-electron chi connectivity index (χ1n) is 4.44. The first-order chi connectivity index (χ1) is 6.04. The lowest BCUT2D eigenvalue weighted by Gasteiger charge is -1.95. The van der Waals surface area contributed by atoms with Gasteiger partial charge < -0.3 is 4.79 Å². The van der Waals surface area contributed by atoms with Gasteiger partial charge in [0.1, 0.15) is 5.78 Å². The van der Waals surface area contributed by atoms with E-state index in [2.05, 4.69) is 6.92 Å². The molecule has 78 valence electrons. The third-order valence-electron chi connectivity index (χ3n) is 1.13. The predicted octanol–water partition coefficient (Wildman–Crippen LogP) is 1.67. The van der Waals surface area contributed by atoms with Gasteiger partial charge >= 0.3 is 0 Å². The first kappa shape index (κ1) is 14.6. The van der Waals surface area contributed by atoms with Crippen LogP contribution in [0.2, 0.25) is 0 Å². The molecule has 4 heteroatoms. The zero-order valence-corrected chi connectivity index (χ0v) is 8.59. The molecular formula is C9H19NO3. The average Bonchev–Trinajstić information content (AvgIpc) is 2.03. The minimum atomic E-state index is -0.288. The zero-order chi connectivity index (χ0) is 10.7. The smallest absolute Gasteiger partial charge is 0.243 e. The van der Waals surface area contributed by atoms with Crippen LogP contribution in [-0.4, -0.2) is 16.9 Å². The van der Waals surface area contributed by atoms with Crippen LogP contribution in [0.5, 0.6) is 0 Å². The number of amides is 1. The highest BCUT2D eigenvalue weighted by atomic mass is 16.5. The van der Waals surface area contributed by atoms with Gasteiger partial charge in [-0.1, -0.05) is 19.8 Å². The van der Waals surface area contributed by atoms with Crippen molar-refractivity contribution in [2.75, 3.05) is 0 Å². The van der Waals surface area contributed by atoms with Crippen molar-refractivity contribution in [2.45, 2.75) is 46.5 Å². The lowest BCUT2D eigenvalue weighted by molar-refractivity contribution is -0.129. The second-order valence-electron chi connectivity index (χ2n) is 2.90. The Labute approximate surface area is 79.3 Å². The SMILES string of the molecule is CC(C)=O.CCCCCC(=O)NO. The molecule has 0 aromatic heterocycles. The van der Waals surface area contributed by atoms with Crippen LogP contribution < -0.4 is 5.48 Å². The molecule has 13 heavy (non-hydrogen) atoms. The largest absolute Gasteiger partial charge is 0.300 e. The molecular weight excluding hydrogens is 170 g/mol. The van der Waals surface area contributed by atoms with Gasteiger partial charge in [-0.05, 0) is 20.3 Å². The number of rotatable bonds is 4. The predicted molar refractivity (Wildman–Crippen MR) is 50.4 cm³/mol. The summed E-state index contributed by atoms with van der Waals surface area (Å²) in [4.78, 5) is 19.8. The Morgan fingerprint density at radius 2 is 1.69 bits per heavy atom. The fourth-order valence-corrected chi connectivity index (χ4v) is 0.591. The van der Waals surface area contributed by atoms with Crippen LogP contribution in [0.3, 0.4) is 0 Å². The zero-order valence-electron chi connectivity index (χ0n) is 8.59. The summed E-state index contributed by atoms with van der Waals surface area (Å²) in [5, 5.41) is 8.03. The summed E-state index contributed by atoms with van der Waals surface area (Å²) in [6, 6.07) is 0. The van der Waals surface area contributed by atoms with E-state index in [1.807, 2.05) is 0 Å². The minimum absolute atomic E-state index is 0.167. The molecule has 0 aromatic carbocycles. The molecule has 0 rings (SSSR count). The maximum atomic E-state index is 10.3. The van der Waals surface area contributed by atoms with Gasteiger partial charge in [0.2, 0.25) is 5.91 Å². The van der Waals surface area contributed by atoms with Crippen LogP contribution in [-0.2, 0) is 9.59 Å². The topological polar surface area (TPSA) is 66.4 Å². The van der Waals surface area contributed by atoms with E-state index < -0.39 is 0 Å². The van der Waals surface area contributed by atoms with E-state index >= 15 is 0 Å². The molecule has 0 unspecified atom stereocenters. The van der Waals surface area contributed by atoms with Gasteiger partial charge in [-0.15, -0.1) is 0 Å². The van der Waals surface area contributed by atoms with Gasteiger partial charge in [-0.25, -0.2) is 5.48 Å². The van der Waals surface area contributed by atoms with Gasteiger partial charge in [0.05, 0.1) is 0 Å². The van der Waals surface area contributed by atoms with Crippen LogP contribution in [0, 0.1) is 0 Å². The molecule has 2 N–H and O–H groups in total. The Hall–Kier alpha value is -0.900. The van der Waals surface area contributed by atoms with Gasteiger partial charge in [0, 0.05) is 6.42 Å². The number of hydrogen-bond acceptors (Lipinski definition) is 3. The summed E-state index contributed by atoms with van der Waals surface area (Å²) < 4.78 is 0. The van der Waals surface area contributed by atoms with Crippen LogP contribution in [0.1, 0.15) is 46.5 Å². The number of carbonyl (C=O) groups is 2. The number of nitrogens with one attached hydrogen (secondary N) is 1. The Kier molecular flexibility index (Phi) is 12.5. The van der Waals surface area contributed by atoms with E-state index in [1.54, 1.807) is 5.48 Å². The lowest BCUT2D eigenvalue weighted by atomic mass is 10.2. The Bertz CT molecular complexity index is 142. The fourth-order valence-electron chi connectivity index (χ4n) is 0.591. The van der Waals surface area contributed by atoms with E-state index in [1.165, 1.54) is 13.8 Å². The number of Topliss-reactive ketones (excluding diaryl/α,β-unsaturated/α-hetero) is 1. The minimum Gasteiger partial charge on any atom is -0.300 e. The van der Waals surface area contributed by atoms with Crippen molar-refractivity contribution in [3.63, 3.8) is 0 Å². The molecule has 0 fully saturated rings. The molecule has 0 saturated carbocycles. The van der Waals surface area contributed by atoms with Crippen molar-refractivity contribution in [2.24, 2.45) is 0 Å². The summed E-state index contributed by atoms with van der Waals surface area (Å²) in [5.74, 6) is -0.122. The van der Waals surface area contributed by atoms with Gasteiger partial charge in [0.25, 0.3) is 0 Å². The summed E-state index contributed by atoms with van der Waals surface area (Å²) in [7, 11) is 0. The molecule has 0 saturated heterocycles. The molecule has 0 spiro atoms. The Morgan fingerprint density at radius 1 is 1.23 bits per heavy atom. The van der Waals surface area contributed by atoms with Gasteiger partial charge in [-0.3, -0.25) is 10.0 Å². The van der Waals surface area contributed by atoms with Crippen LogP contribution in [0.4, 0.5) is 0 Å². The average molecular weight is 189 g/mol.